The average Bonchev–Trinajstić information content (AvgIpc) is 3.67. The number of likely N-dealkylation sites (tertiary alicyclic amines) is 1. The molecule has 2 saturated heterocycles. The lowest BCUT2D eigenvalue weighted by Crippen LogP contribution is -2.35. The van der Waals surface area contributed by atoms with E-state index < -0.39 is 23.3 Å². The van der Waals surface area contributed by atoms with Crippen molar-refractivity contribution in [3.05, 3.63) is 101 Å². The lowest BCUT2D eigenvalue weighted by atomic mass is 9.95. The number of benzene rings is 3. The quantitative estimate of drug-likeness (QED) is 0.290. The minimum absolute atomic E-state index is 0.0416. The monoisotopic (exact) mass is 600 g/mol. The summed E-state index contributed by atoms with van der Waals surface area (Å²) in [4.78, 5) is 13.7. The van der Waals surface area contributed by atoms with Crippen LogP contribution in [0, 0.1) is 23.5 Å². The van der Waals surface area contributed by atoms with Crippen LogP contribution in [0.25, 0.3) is 0 Å². The Bertz CT molecular complexity index is 1300. The maximum absolute atomic E-state index is 13.6. The predicted molar refractivity (Wildman–Crippen MR) is 159 cm³/mol. The van der Waals surface area contributed by atoms with Crippen molar-refractivity contribution >= 4 is 17.7 Å². The maximum Gasteiger partial charge on any atom is 0.410 e. The zero-order chi connectivity index (χ0) is 30.3. The number of nitrogens with zero attached hydrogens (tertiary/aromatic N) is 1. The minimum Gasteiger partial charge on any atom is -0.484 e. The number of hydrogen-bond acceptors (Lipinski definition) is 5. The van der Waals surface area contributed by atoms with Crippen molar-refractivity contribution in [3.8, 4) is 5.75 Å². The van der Waals surface area contributed by atoms with Crippen molar-refractivity contribution in [2.24, 2.45) is 11.8 Å². The van der Waals surface area contributed by atoms with Crippen LogP contribution < -0.4 is 10.1 Å². The van der Waals surface area contributed by atoms with Crippen LogP contribution in [0.4, 0.5) is 13.6 Å². The fraction of sp³-hybridized carbons (Fsp3) is 0.424. The van der Waals surface area contributed by atoms with Crippen LogP contribution in [0.1, 0.15) is 56.9 Å². The number of aliphatic hydroxyl groups is 1. The van der Waals surface area contributed by atoms with Crippen molar-refractivity contribution in [1.29, 1.82) is 0 Å². The molecule has 2 aliphatic rings. The summed E-state index contributed by atoms with van der Waals surface area (Å²) in [5.74, 6) is -1.17. The van der Waals surface area contributed by atoms with Gasteiger partial charge in [0.25, 0.3) is 0 Å². The normalized spacial score (nSPS) is 19.9. The third-order valence-corrected chi connectivity index (χ3v) is 7.70. The molecular formula is C33H39ClF2N2O4. The molecule has 0 radical (unpaired) electrons. The molecule has 4 atom stereocenters. The van der Waals surface area contributed by atoms with Crippen LogP contribution in [-0.2, 0) is 4.74 Å². The van der Waals surface area contributed by atoms with Gasteiger partial charge in [-0.25, -0.2) is 13.6 Å². The molecule has 0 saturated carbocycles. The van der Waals surface area contributed by atoms with Crippen molar-refractivity contribution < 1.29 is 28.2 Å². The van der Waals surface area contributed by atoms with Crippen LogP contribution in [-0.4, -0.2) is 47.9 Å². The predicted octanol–water partition coefficient (Wildman–Crippen LogP) is 7.32. The summed E-state index contributed by atoms with van der Waals surface area (Å²) < 4.78 is 38.3. The summed E-state index contributed by atoms with van der Waals surface area (Å²) in [5.41, 5.74) is 1.40. The van der Waals surface area contributed by atoms with E-state index in [1.807, 2.05) is 81.4 Å². The highest BCUT2D eigenvalue weighted by molar-refractivity contribution is 6.32. The number of rotatable bonds is 6. The van der Waals surface area contributed by atoms with Gasteiger partial charge in [0, 0.05) is 43.6 Å². The first kappa shape index (κ1) is 31.7. The molecule has 2 N–H and O–H groups in total. The highest BCUT2D eigenvalue weighted by Crippen LogP contribution is 2.37. The molecular weight excluding hydrogens is 562 g/mol. The Morgan fingerprint density at radius 1 is 1.00 bits per heavy atom. The van der Waals surface area contributed by atoms with E-state index in [-0.39, 0.29) is 34.8 Å². The zero-order valence-corrected chi connectivity index (χ0v) is 25.0. The molecule has 4 unspecified atom stereocenters. The van der Waals surface area contributed by atoms with Gasteiger partial charge in [0.15, 0.2) is 0 Å². The van der Waals surface area contributed by atoms with Gasteiger partial charge < -0.3 is 24.8 Å². The summed E-state index contributed by atoms with van der Waals surface area (Å²) in [6, 6.07) is 21.1. The van der Waals surface area contributed by atoms with Gasteiger partial charge in [0.1, 0.15) is 34.1 Å². The first-order chi connectivity index (χ1) is 20.0. The molecule has 6 nitrogen and oxygen atoms in total. The fourth-order valence-electron chi connectivity index (χ4n) is 5.23. The summed E-state index contributed by atoms with van der Waals surface area (Å²) in [6.45, 7) is 8.47. The second-order valence-electron chi connectivity index (χ2n) is 11.7. The molecule has 2 heterocycles. The number of amides is 1. The number of aliphatic hydroxyl groups excluding tert-OH is 1. The molecule has 0 aliphatic carbocycles. The molecule has 1 amide bonds. The Morgan fingerprint density at radius 2 is 1.64 bits per heavy atom. The van der Waals surface area contributed by atoms with Crippen molar-refractivity contribution in [2.45, 2.75) is 51.4 Å². The topological polar surface area (TPSA) is 71.0 Å². The van der Waals surface area contributed by atoms with Gasteiger partial charge in [-0.2, -0.15) is 0 Å². The number of hydrogen-bond donors (Lipinski definition) is 2. The number of carbonyl (C=O) groups excluding carboxylic acids is 1. The van der Waals surface area contributed by atoms with E-state index in [1.165, 1.54) is 0 Å². The summed E-state index contributed by atoms with van der Waals surface area (Å²) in [7, 11) is 0. The number of ether oxygens (including phenoxy) is 2. The SMILES string of the molecule is CC(C)(C)OC(=O)N1CCC(C(O)c2ccccc2)C1.Fc1cc(F)c(Cl)c(OC(c2ccccc2)C2CCNC2)c1. The molecule has 5 rings (SSSR count). The van der Waals surface area contributed by atoms with Crippen LogP contribution >= 0.6 is 11.6 Å². The first-order valence-electron chi connectivity index (χ1n) is 14.3. The molecule has 2 aliphatic heterocycles. The van der Waals surface area contributed by atoms with Gasteiger partial charge >= 0.3 is 6.09 Å². The van der Waals surface area contributed by atoms with E-state index in [2.05, 4.69) is 5.32 Å². The molecule has 9 heteroatoms. The zero-order valence-electron chi connectivity index (χ0n) is 24.2. The van der Waals surface area contributed by atoms with Gasteiger partial charge in [0.05, 0.1) is 6.10 Å². The van der Waals surface area contributed by atoms with E-state index in [9.17, 15) is 18.7 Å². The van der Waals surface area contributed by atoms with Gasteiger partial charge in [-0.1, -0.05) is 72.3 Å². The van der Waals surface area contributed by atoms with Crippen LogP contribution in [0.2, 0.25) is 5.02 Å². The van der Waals surface area contributed by atoms with Gasteiger partial charge in [-0.3, -0.25) is 0 Å². The van der Waals surface area contributed by atoms with Crippen molar-refractivity contribution in [3.63, 3.8) is 0 Å². The standard InChI is InChI=1S/C17H16ClF2NO.C16H23NO3/c18-16-14(20)8-13(19)9-15(16)22-17(12-6-7-21-10-12)11-4-2-1-3-5-11;1-16(2,3)20-15(19)17-10-9-13(11-17)14(18)12-7-5-4-6-8-12/h1-5,8-9,12,17,21H,6-7,10H2;4-8,13-14,18H,9-11H2,1-3H3. The van der Waals surface area contributed by atoms with Crippen molar-refractivity contribution in [2.75, 3.05) is 26.2 Å². The Morgan fingerprint density at radius 3 is 2.24 bits per heavy atom. The lowest BCUT2D eigenvalue weighted by molar-refractivity contribution is 0.0268. The maximum atomic E-state index is 13.6. The molecule has 3 aromatic carbocycles. The smallest absolute Gasteiger partial charge is 0.410 e. The Kier molecular flexibility index (Phi) is 10.8. The third kappa shape index (κ3) is 8.66. The van der Waals surface area contributed by atoms with E-state index in [1.54, 1.807) is 4.90 Å². The van der Waals surface area contributed by atoms with Crippen LogP contribution in [0.3, 0.4) is 0 Å². The summed E-state index contributed by atoms with van der Waals surface area (Å²) in [5, 5.41) is 13.5. The average molecular weight is 601 g/mol. The third-order valence-electron chi connectivity index (χ3n) is 7.33. The Balaban J connectivity index is 0.000000194. The molecule has 0 spiro atoms. The fourth-order valence-corrected chi connectivity index (χ4v) is 5.38. The van der Waals surface area contributed by atoms with Crippen LogP contribution in [0.15, 0.2) is 72.8 Å². The van der Waals surface area contributed by atoms with Crippen molar-refractivity contribution in [1.82, 2.24) is 10.2 Å². The Labute approximate surface area is 251 Å². The van der Waals surface area contributed by atoms with Gasteiger partial charge in [-0.15, -0.1) is 0 Å². The van der Waals surface area contributed by atoms with E-state index in [0.717, 1.165) is 49.2 Å². The molecule has 226 valence electrons. The second kappa shape index (κ2) is 14.3. The van der Waals surface area contributed by atoms with E-state index in [0.29, 0.717) is 13.1 Å². The summed E-state index contributed by atoms with van der Waals surface area (Å²) in [6.07, 6.45) is 0.628. The Hall–Kier alpha value is -3.20. The summed E-state index contributed by atoms with van der Waals surface area (Å²) >= 11 is 5.92. The number of halogens is 3. The first-order valence-corrected chi connectivity index (χ1v) is 14.7. The number of nitrogens with one attached hydrogen (secondary N) is 1. The molecule has 0 aromatic heterocycles. The number of carbonyl (C=O) groups is 1. The van der Waals surface area contributed by atoms with Crippen LogP contribution in [0.5, 0.6) is 5.75 Å². The van der Waals surface area contributed by atoms with Gasteiger partial charge in [0.2, 0.25) is 0 Å². The largest absolute Gasteiger partial charge is 0.484 e. The van der Waals surface area contributed by atoms with Gasteiger partial charge in [-0.05, 0) is 51.3 Å². The van der Waals surface area contributed by atoms with E-state index >= 15 is 0 Å². The molecule has 2 fully saturated rings. The molecule has 42 heavy (non-hydrogen) atoms. The second-order valence-corrected chi connectivity index (χ2v) is 12.1. The molecule has 3 aromatic rings. The minimum atomic E-state index is -0.812. The lowest BCUT2D eigenvalue weighted by Gasteiger charge is -2.25. The molecule has 0 bridgehead atoms. The highest BCUT2D eigenvalue weighted by atomic mass is 35.5. The van der Waals surface area contributed by atoms with E-state index in [4.69, 9.17) is 21.1 Å². The highest BCUT2D eigenvalue weighted by Gasteiger charge is 2.34.